The van der Waals surface area contributed by atoms with E-state index in [1.54, 1.807) is 12.3 Å². The van der Waals surface area contributed by atoms with E-state index in [1.807, 2.05) is 24.3 Å². The number of aromatic nitrogens is 1. The minimum absolute atomic E-state index is 0.0824. The smallest absolute Gasteiger partial charge is 0.311 e. The van der Waals surface area contributed by atoms with Crippen LogP contribution in [0.5, 0.6) is 0 Å². The fourth-order valence-electron chi connectivity index (χ4n) is 2.09. The summed E-state index contributed by atoms with van der Waals surface area (Å²) in [6.07, 6.45) is 2.09. The summed E-state index contributed by atoms with van der Waals surface area (Å²) in [5.41, 5.74) is 1.76. The molecule has 5 nitrogen and oxygen atoms in total. The minimum atomic E-state index is -0.316. The number of ether oxygens (including phenoxy) is 1. The summed E-state index contributed by atoms with van der Waals surface area (Å²) < 4.78 is 4.87. The first-order valence-electron chi connectivity index (χ1n) is 7.71. The highest BCUT2D eigenvalue weighted by molar-refractivity contribution is 7.13. The summed E-state index contributed by atoms with van der Waals surface area (Å²) in [5.74, 6) is -0.398. The van der Waals surface area contributed by atoms with Crippen LogP contribution in [-0.4, -0.2) is 23.5 Å². The summed E-state index contributed by atoms with van der Waals surface area (Å²) in [7, 11) is 0. The molecule has 0 saturated carbocycles. The molecule has 0 saturated heterocycles. The number of hydrogen-bond acceptors (Lipinski definition) is 5. The molecule has 1 heterocycles. The van der Waals surface area contributed by atoms with Crippen LogP contribution in [0.3, 0.4) is 0 Å². The zero-order valence-electron chi connectivity index (χ0n) is 13.4. The van der Waals surface area contributed by atoms with Gasteiger partial charge in [-0.15, -0.1) is 11.3 Å². The number of rotatable bonds is 8. The van der Waals surface area contributed by atoms with Crippen LogP contribution in [0.25, 0.3) is 0 Å². The van der Waals surface area contributed by atoms with Crippen LogP contribution in [-0.2, 0) is 27.2 Å². The highest BCUT2D eigenvalue weighted by Crippen LogP contribution is 2.17. The average Bonchev–Trinajstić information content (AvgIpc) is 2.96. The lowest BCUT2D eigenvalue weighted by atomic mass is 10.1. The molecule has 1 N–H and O–H groups in total. The molecule has 0 bridgehead atoms. The van der Waals surface area contributed by atoms with Crippen molar-refractivity contribution in [1.82, 2.24) is 4.98 Å². The van der Waals surface area contributed by atoms with E-state index >= 15 is 0 Å². The van der Waals surface area contributed by atoms with Crippen molar-refractivity contribution in [3.63, 3.8) is 0 Å². The Morgan fingerprint density at radius 3 is 2.75 bits per heavy atom. The topological polar surface area (TPSA) is 68.3 Å². The van der Waals surface area contributed by atoms with Gasteiger partial charge in [0.2, 0.25) is 5.91 Å². The number of esters is 1. The molecule has 1 aromatic carbocycles. The molecule has 2 aromatic rings. The molecular weight excluding hydrogens is 348 g/mol. The number of anilines is 1. The van der Waals surface area contributed by atoms with Gasteiger partial charge in [-0.25, -0.2) is 4.98 Å². The third-order valence-corrected chi connectivity index (χ3v) is 4.27. The zero-order valence-corrected chi connectivity index (χ0v) is 15.0. The maximum atomic E-state index is 11.9. The number of nitrogens with one attached hydrogen (secondary N) is 1. The number of nitrogens with zero attached hydrogens (tertiary/aromatic N) is 1. The molecule has 0 unspecified atom stereocenters. The van der Waals surface area contributed by atoms with Crippen molar-refractivity contribution >= 4 is 39.9 Å². The number of amides is 1. The largest absolute Gasteiger partial charge is 0.466 e. The first-order valence-corrected chi connectivity index (χ1v) is 8.97. The molecular formula is C17H19ClN2O3S. The summed E-state index contributed by atoms with van der Waals surface area (Å²) in [4.78, 5) is 27.5. The maximum Gasteiger partial charge on any atom is 0.311 e. The molecule has 0 aliphatic heterocycles. The van der Waals surface area contributed by atoms with Gasteiger partial charge in [-0.3, -0.25) is 9.59 Å². The van der Waals surface area contributed by atoms with E-state index in [0.29, 0.717) is 28.9 Å². The van der Waals surface area contributed by atoms with Gasteiger partial charge in [-0.05, 0) is 37.5 Å². The molecule has 128 valence electrons. The predicted molar refractivity (Wildman–Crippen MR) is 95.5 cm³/mol. The number of halogens is 1. The minimum Gasteiger partial charge on any atom is -0.466 e. The van der Waals surface area contributed by atoms with Crippen LogP contribution in [0, 0.1) is 0 Å². The van der Waals surface area contributed by atoms with Crippen molar-refractivity contribution in [2.45, 2.75) is 32.6 Å². The van der Waals surface area contributed by atoms with Gasteiger partial charge >= 0.3 is 5.97 Å². The molecule has 0 aliphatic rings. The van der Waals surface area contributed by atoms with Crippen LogP contribution >= 0.6 is 22.9 Å². The van der Waals surface area contributed by atoms with Gasteiger partial charge in [0, 0.05) is 16.8 Å². The normalized spacial score (nSPS) is 10.4. The number of benzene rings is 1. The molecule has 1 aromatic heterocycles. The van der Waals surface area contributed by atoms with E-state index in [4.69, 9.17) is 16.3 Å². The van der Waals surface area contributed by atoms with Crippen LogP contribution < -0.4 is 5.32 Å². The molecule has 0 fully saturated rings. The Morgan fingerprint density at radius 1 is 1.29 bits per heavy atom. The van der Waals surface area contributed by atoms with Crippen molar-refractivity contribution in [3.05, 3.63) is 45.9 Å². The van der Waals surface area contributed by atoms with Gasteiger partial charge in [-0.2, -0.15) is 0 Å². The number of hydrogen-bond donors (Lipinski definition) is 1. The van der Waals surface area contributed by atoms with E-state index in [1.165, 1.54) is 11.3 Å². The molecule has 0 spiro atoms. The number of carbonyl (C=O) groups is 2. The van der Waals surface area contributed by atoms with Gasteiger partial charge in [0.25, 0.3) is 0 Å². The van der Waals surface area contributed by atoms with E-state index in [0.717, 1.165) is 18.4 Å². The van der Waals surface area contributed by atoms with Gasteiger partial charge in [0.15, 0.2) is 5.13 Å². The number of aryl methyl sites for hydroxylation is 1. The van der Waals surface area contributed by atoms with E-state index in [9.17, 15) is 9.59 Å². The SMILES string of the molecule is CCOC(=O)Cc1csc(NC(=O)CCCc2ccc(Cl)cc2)n1. The Bertz CT molecular complexity index is 685. The highest BCUT2D eigenvalue weighted by atomic mass is 35.5. The maximum absolute atomic E-state index is 11.9. The summed E-state index contributed by atoms with van der Waals surface area (Å²) >= 11 is 7.14. The number of carbonyl (C=O) groups excluding carboxylic acids is 2. The van der Waals surface area contributed by atoms with Gasteiger partial charge in [0.1, 0.15) is 0 Å². The van der Waals surface area contributed by atoms with Crippen LogP contribution in [0.4, 0.5) is 5.13 Å². The fraction of sp³-hybridized carbons (Fsp3) is 0.353. The molecule has 0 radical (unpaired) electrons. The third kappa shape index (κ3) is 6.29. The van der Waals surface area contributed by atoms with E-state index < -0.39 is 0 Å². The van der Waals surface area contributed by atoms with Crippen LogP contribution in [0.15, 0.2) is 29.6 Å². The van der Waals surface area contributed by atoms with Gasteiger partial charge in [-0.1, -0.05) is 23.7 Å². The van der Waals surface area contributed by atoms with Gasteiger partial charge in [0.05, 0.1) is 18.7 Å². The molecule has 0 aliphatic carbocycles. The average molecular weight is 367 g/mol. The lowest BCUT2D eigenvalue weighted by Gasteiger charge is -2.03. The lowest BCUT2D eigenvalue weighted by molar-refractivity contribution is -0.142. The highest BCUT2D eigenvalue weighted by Gasteiger charge is 2.10. The van der Waals surface area contributed by atoms with Crippen molar-refractivity contribution in [2.75, 3.05) is 11.9 Å². The quantitative estimate of drug-likeness (QED) is 0.720. The fourth-order valence-corrected chi connectivity index (χ4v) is 2.94. The lowest BCUT2D eigenvalue weighted by Crippen LogP contribution is -2.12. The van der Waals surface area contributed by atoms with Crippen molar-refractivity contribution in [3.8, 4) is 0 Å². The molecule has 2 rings (SSSR count). The standard InChI is InChI=1S/C17H19ClN2O3S/c1-2-23-16(22)10-14-11-24-17(19-14)20-15(21)5-3-4-12-6-8-13(18)9-7-12/h6-9,11H,2-5,10H2,1H3,(H,19,20,21). The van der Waals surface area contributed by atoms with Crippen molar-refractivity contribution in [1.29, 1.82) is 0 Å². The van der Waals surface area contributed by atoms with Crippen LogP contribution in [0.2, 0.25) is 5.02 Å². The van der Waals surface area contributed by atoms with Crippen molar-refractivity contribution < 1.29 is 14.3 Å². The molecule has 7 heteroatoms. The molecule has 0 atom stereocenters. The third-order valence-electron chi connectivity index (χ3n) is 3.21. The van der Waals surface area contributed by atoms with Crippen LogP contribution in [0.1, 0.15) is 31.0 Å². The van der Waals surface area contributed by atoms with Gasteiger partial charge < -0.3 is 10.1 Å². The monoisotopic (exact) mass is 366 g/mol. The second-order valence-electron chi connectivity index (χ2n) is 5.15. The molecule has 1 amide bonds. The second kappa shape index (κ2) is 9.39. The van der Waals surface area contributed by atoms with E-state index in [-0.39, 0.29) is 18.3 Å². The first kappa shape index (κ1) is 18.4. The van der Waals surface area contributed by atoms with E-state index in [2.05, 4.69) is 10.3 Å². The summed E-state index contributed by atoms with van der Waals surface area (Å²) in [6, 6.07) is 7.61. The number of thiazole rings is 1. The zero-order chi connectivity index (χ0) is 17.4. The Hall–Kier alpha value is -1.92. The summed E-state index contributed by atoms with van der Waals surface area (Å²) in [5, 5.41) is 5.72. The Kier molecular flexibility index (Phi) is 7.21. The Labute approximate surface area is 150 Å². The predicted octanol–water partition coefficient (Wildman–Crippen LogP) is 3.86. The Balaban J connectivity index is 1.73. The Morgan fingerprint density at radius 2 is 2.04 bits per heavy atom. The first-order chi connectivity index (χ1) is 11.6. The molecule has 24 heavy (non-hydrogen) atoms. The second-order valence-corrected chi connectivity index (χ2v) is 6.45. The van der Waals surface area contributed by atoms with Crippen molar-refractivity contribution in [2.24, 2.45) is 0 Å². The summed E-state index contributed by atoms with van der Waals surface area (Å²) in [6.45, 7) is 2.11.